The van der Waals surface area contributed by atoms with Crippen molar-refractivity contribution in [2.45, 2.75) is 0 Å². The summed E-state index contributed by atoms with van der Waals surface area (Å²) >= 11 is 0. The highest BCUT2D eigenvalue weighted by Gasteiger charge is 2.09. The van der Waals surface area contributed by atoms with Gasteiger partial charge in [0.15, 0.2) is 0 Å². The highest BCUT2D eigenvalue weighted by atomic mass is 16.4. The second-order valence-corrected chi connectivity index (χ2v) is 4.65. The molecule has 0 saturated carbocycles. The van der Waals surface area contributed by atoms with E-state index in [4.69, 9.17) is 21.3 Å². The normalized spacial score (nSPS) is 10.4. The Hall–Kier alpha value is -3.35. The van der Waals surface area contributed by atoms with Gasteiger partial charge in [0.05, 0.1) is 0 Å². The molecule has 7 nitrogen and oxygen atoms in total. The second kappa shape index (κ2) is 5.57. The van der Waals surface area contributed by atoms with E-state index < -0.39 is 0 Å². The Morgan fingerprint density at radius 2 is 1.95 bits per heavy atom. The van der Waals surface area contributed by atoms with E-state index in [0.717, 1.165) is 5.56 Å². The molecule has 6 N–H and O–H groups in total. The molecular weight excluding hydrogens is 280 g/mol. The molecule has 0 aliphatic carbocycles. The van der Waals surface area contributed by atoms with Crippen LogP contribution in [0.3, 0.4) is 0 Å². The van der Waals surface area contributed by atoms with Gasteiger partial charge in [-0.15, -0.1) is 5.10 Å². The number of nitrogen functional groups attached to an aromatic ring is 2. The molecular formula is C15H14N6O. The maximum Gasteiger partial charge on any atom is 0.320 e. The first kappa shape index (κ1) is 13.6. The Balaban J connectivity index is 1.84. The van der Waals surface area contributed by atoms with Crippen LogP contribution in [0.15, 0.2) is 46.9 Å². The Morgan fingerprint density at radius 3 is 2.73 bits per heavy atom. The van der Waals surface area contributed by atoms with Gasteiger partial charge in [-0.1, -0.05) is 11.2 Å². The minimum Gasteiger partial charge on any atom is -0.403 e. The molecule has 0 bridgehead atoms. The number of anilines is 4. The molecule has 2 aromatic carbocycles. The largest absolute Gasteiger partial charge is 0.403 e. The molecule has 3 rings (SSSR count). The smallest absolute Gasteiger partial charge is 0.320 e. The minimum atomic E-state index is 0.248. The lowest BCUT2D eigenvalue weighted by atomic mass is 10.2. The highest BCUT2D eigenvalue weighted by Crippen LogP contribution is 2.24. The van der Waals surface area contributed by atoms with Crippen LogP contribution in [-0.4, -0.2) is 16.4 Å². The van der Waals surface area contributed by atoms with Crippen molar-refractivity contribution in [3.63, 3.8) is 0 Å². The Labute approximate surface area is 126 Å². The van der Waals surface area contributed by atoms with Gasteiger partial charge in [0, 0.05) is 34.4 Å². The van der Waals surface area contributed by atoms with Crippen molar-refractivity contribution in [2.75, 3.05) is 16.8 Å². The summed E-state index contributed by atoms with van der Waals surface area (Å²) in [5, 5.41) is 18.2. The third-order valence-corrected chi connectivity index (χ3v) is 3.05. The van der Waals surface area contributed by atoms with Crippen molar-refractivity contribution in [3.8, 4) is 11.5 Å². The first-order valence-corrected chi connectivity index (χ1v) is 6.52. The SMILES string of the molecule is N=Cc1cc(Nc2nnc(-c3cccc(N)c3)o2)ccc1N. The Morgan fingerprint density at radius 1 is 1.09 bits per heavy atom. The molecule has 0 saturated heterocycles. The van der Waals surface area contributed by atoms with Crippen LogP contribution in [0, 0.1) is 5.41 Å². The number of rotatable bonds is 4. The van der Waals surface area contributed by atoms with Crippen LogP contribution in [0.1, 0.15) is 5.56 Å². The molecule has 7 heteroatoms. The fraction of sp³-hybridized carbons (Fsp3) is 0. The van der Waals surface area contributed by atoms with Gasteiger partial charge in [-0.3, -0.25) is 0 Å². The van der Waals surface area contributed by atoms with Gasteiger partial charge in [-0.05, 0) is 36.4 Å². The Kier molecular flexibility index (Phi) is 3.45. The molecule has 110 valence electrons. The van der Waals surface area contributed by atoms with Crippen LogP contribution in [0.2, 0.25) is 0 Å². The molecule has 0 fully saturated rings. The number of hydrogen-bond donors (Lipinski definition) is 4. The third-order valence-electron chi connectivity index (χ3n) is 3.05. The molecule has 0 atom stereocenters. The van der Waals surface area contributed by atoms with E-state index in [1.807, 2.05) is 12.1 Å². The summed E-state index contributed by atoms with van der Waals surface area (Å²) in [6.07, 6.45) is 1.19. The van der Waals surface area contributed by atoms with Crippen LogP contribution in [0.4, 0.5) is 23.1 Å². The van der Waals surface area contributed by atoms with Gasteiger partial charge in [0.2, 0.25) is 5.89 Å². The first-order valence-electron chi connectivity index (χ1n) is 6.52. The lowest BCUT2D eigenvalue weighted by Gasteiger charge is -2.04. The number of aromatic nitrogens is 2. The van der Waals surface area contributed by atoms with Gasteiger partial charge < -0.3 is 26.6 Å². The summed E-state index contributed by atoms with van der Waals surface area (Å²) in [5.74, 6) is 0.373. The maximum absolute atomic E-state index is 7.30. The predicted octanol–water partition coefficient (Wildman–Crippen LogP) is 2.64. The summed E-state index contributed by atoms with van der Waals surface area (Å²) in [7, 11) is 0. The molecule has 3 aromatic rings. The standard InChI is InChI=1S/C15H14N6O/c16-8-10-7-12(4-5-13(10)18)19-15-21-20-14(22-15)9-2-1-3-11(17)6-9/h1-8,16H,17-18H2,(H,19,21). The minimum absolute atomic E-state index is 0.248. The van der Waals surface area contributed by atoms with Crippen LogP contribution >= 0.6 is 0 Å². The first-order chi connectivity index (χ1) is 10.7. The average molecular weight is 294 g/mol. The van der Waals surface area contributed by atoms with E-state index in [-0.39, 0.29) is 6.01 Å². The molecule has 22 heavy (non-hydrogen) atoms. The summed E-state index contributed by atoms with van der Waals surface area (Å²) < 4.78 is 5.56. The van der Waals surface area contributed by atoms with Crippen molar-refractivity contribution < 1.29 is 4.42 Å². The van der Waals surface area contributed by atoms with Crippen LogP contribution in [-0.2, 0) is 0 Å². The monoisotopic (exact) mass is 294 g/mol. The van der Waals surface area contributed by atoms with E-state index in [1.165, 1.54) is 6.21 Å². The summed E-state index contributed by atoms with van der Waals surface area (Å²) in [5.41, 5.74) is 14.7. The molecule has 0 spiro atoms. The van der Waals surface area contributed by atoms with Crippen molar-refractivity contribution in [2.24, 2.45) is 0 Å². The van der Waals surface area contributed by atoms with Crippen LogP contribution in [0.5, 0.6) is 0 Å². The Bertz CT molecular complexity index is 826. The van der Waals surface area contributed by atoms with Gasteiger partial charge >= 0.3 is 6.01 Å². The number of benzene rings is 2. The lowest BCUT2D eigenvalue weighted by molar-refractivity contribution is 0.587. The van der Waals surface area contributed by atoms with Crippen LogP contribution in [0.25, 0.3) is 11.5 Å². The summed E-state index contributed by atoms with van der Waals surface area (Å²) in [6, 6.07) is 12.7. The number of hydrogen-bond acceptors (Lipinski definition) is 7. The van der Waals surface area contributed by atoms with Crippen molar-refractivity contribution in [1.82, 2.24) is 10.2 Å². The number of nitrogens with zero attached hydrogens (tertiary/aromatic N) is 2. The van der Waals surface area contributed by atoms with Crippen LogP contribution < -0.4 is 16.8 Å². The van der Waals surface area contributed by atoms with E-state index in [1.54, 1.807) is 30.3 Å². The van der Waals surface area contributed by atoms with Gasteiger partial charge in [-0.2, -0.15) is 0 Å². The topological polar surface area (TPSA) is 127 Å². The van der Waals surface area contributed by atoms with Gasteiger partial charge in [0.1, 0.15) is 0 Å². The molecule has 0 aliphatic rings. The fourth-order valence-corrected chi connectivity index (χ4v) is 1.96. The summed E-state index contributed by atoms with van der Waals surface area (Å²) in [6.45, 7) is 0. The molecule has 0 unspecified atom stereocenters. The zero-order valence-corrected chi connectivity index (χ0v) is 11.6. The van der Waals surface area contributed by atoms with E-state index in [9.17, 15) is 0 Å². The summed E-state index contributed by atoms with van der Waals surface area (Å²) in [4.78, 5) is 0. The second-order valence-electron chi connectivity index (χ2n) is 4.65. The third kappa shape index (κ3) is 2.73. The molecule has 1 heterocycles. The molecule has 0 radical (unpaired) electrons. The number of nitrogens with one attached hydrogen (secondary N) is 2. The van der Waals surface area contributed by atoms with Crippen molar-refractivity contribution >= 4 is 29.3 Å². The molecule has 0 amide bonds. The number of nitrogens with two attached hydrogens (primary N) is 2. The van der Waals surface area contributed by atoms with Crippen molar-refractivity contribution in [3.05, 3.63) is 48.0 Å². The van der Waals surface area contributed by atoms with Gasteiger partial charge in [-0.25, -0.2) is 0 Å². The average Bonchev–Trinajstić information content (AvgIpc) is 2.98. The molecule has 0 aliphatic heterocycles. The van der Waals surface area contributed by atoms with E-state index >= 15 is 0 Å². The van der Waals surface area contributed by atoms with E-state index in [2.05, 4.69) is 15.5 Å². The lowest BCUT2D eigenvalue weighted by Crippen LogP contribution is -1.96. The fourth-order valence-electron chi connectivity index (χ4n) is 1.96. The zero-order valence-electron chi connectivity index (χ0n) is 11.6. The highest BCUT2D eigenvalue weighted by molar-refractivity contribution is 5.86. The predicted molar refractivity (Wildman–Crippen MR) is 86.2 cm³/mol. The zero-order chi connectivity index (χ0) is 15.5. The molecule has 1 aromatic heterocycles. The quantitative estimate of drug-likeness (QED) is 0.432. The van der Waals surface area contributed by atoms with Crippen molar-refractivity contribution in [1.29, 1.82) is 5.41 Å². The van der Waals surface area contributed by atoms with E-state index in [0.29, 0.717) is 28.5 Å². The maximum atomic E-state index is 7.30. The van der Waals surface area contributed by atoms with Gasteiger partial charge in [0.25, 0.3) is 0 Å².